The molecule has 0 fully saturated rings. The summed E-state index contributed by atoms with van der Waals surface area (Å²) in [4.78, 5) is 26.8. The molecular weight excluding hydrogens is 266 g/mol. The molecule has 0 saturated carbocycles. The third-order valence-corrected chi connectivity index (χ3v) is 3.46. The first kappa shape index (κ1) is 15.4. The molecule has 1 heterocycles. The Kier molecular flexibility index (Phi) is 6.88. The van der Waals surface area contributed by atoms with Gasteiger partial charge in [-0.15, -0.1) is 11.3 Å². The standard InChI is InChI=1S/C12H19N3O3S/c1-9(2-3-11(16)17)4-5-14-12(18)15-7-10-6-13-8-19-10/h6,8-9H,2-5,7H2,1H3,(H,16,17)(H2,14,15,18). The van der Waals surface area contributed by atoms with Gasteiger partial charge in [0.1, 0.15) is 0 Å². The van der Waals surface area contributed by atoms with E-state index in [1.807, 2.05) is 6.92 Å². The Morgan fingerprint density at radius 3 is 2.84 bits per heavy atom. The van der Waals surface area contributed by atoms with E-state index in [-0.39, 0.29) is 18.4 Å². The van der Waals surface area contributed by atoms with Gasteiger partial charge in [-0.3, -0.25) is 9.78 Å². The first-order valence-corrected chi connectivity index (χ1v) is 7.06. The fourth-order valence-corrected chi connectivity index (χ4v) is 2.04. The molecule has 106 valence electrons. The molecule has 0 bridgehead atoms. The SMILES string of the molecule is CC(CCNC(=O)NCc1cncs1)CCC(=O)O. The van der Waals surface area contributed by atoms with Crippen LogP contribution in [0, 0.1) is 5.92 Å². The Balaban J connectivity index is 2.05. The minimum absolute atomic E-state index is 0.179. The van der Waals surface area contributed by atoms with Crippen LogP contribution in [0.4, 0.5) is 4.79 Å². The third-order valence-electron chi connectivity index (χ3n) is 2.68. The third kappa shape index (κ3) is 7.40. The molecule has 1 aromatic rings. The normalized spacial score (nSPS) is 11.8. The number of thiazole rings is 1. The Hall–Kier alpha value is -1.63. The van der Waals surface area contributed by atoms with Gasteiger partial charge in [-0.05, 0) is 18.8 Å². The monoisotopic (exact) mass is 285 g/mol. The number of aliphatic carboxylic acids is 1. The predicted molar refractivity (Wildman–Crippen MR) is 73.0 cm³/mol. The molecule has 1 unspecified atom stereocenters. The number of aromatic nitrogens is 1. The van der Waals surface area contributed by atoms with Crippen LogP contribution in [-0.4, -0.2) is 28.6 Å². The highest BCUT2D eigenvalue weighted by molar-refractivity contribution is 7.09. The van der Waals surface area contributed by atoms with Gasteiger partial charge in [0.2, 0.25) is 0 Å². The second-order valence-electron chi connectivity index (χ2n) is 4.40. The van der Waals surface area contributed by atoms with Crippen molar-refractivity contribution in [3.63, 3.8) is 0 Å². The van der Waals surface area contributed by atoms with Gasteiger partial charge in [-0.2, -0.15) is 0 Å². The maximum absolute atomic E-state index is 11.5. The Labute approximate surface area is 116 Å². The summed E-state index contributed by atoms with van der Waals surface area (Å²) in [5.41, 5.74) is 1.72. The predicted octanol–water partition coefficient (Wildman–Crippen LogP) is 1.83. The van der Waals surface area contributed by atoms with E-state index in [0.29, 0.717) is 19.5 Å². The van der Waals surface area contributed by atoms with Gasteiger partial charge >= 0.3 is 12.0 Å². The van der Waals surface area contributed by atoms with Crippen molar-refractivity contribution < 1.29 is 14.7 Å². The number of hydrogen-bond donors (Lipinski definition) is 3. The van der Waals surface area contributed by atoms with Crippen molar-refractivity contribution in [1.29, 1.82) is 0 Å². The molecule has 0 radical (unpaired) electrons. The molecule has 2 amide bonds. The van der Waals surface area contributed by atoms with Crippen molar-refractivity contribution in [1.82, 2.24) is 15.6 Å². The smallest absolute Gasteiger partial charge is 0.315 e. The number of carbonyl (C=O) groups is 2. The zero-order valence-corrected chi connectivity index (χ0v) is 11.7. The molecule has 1 aromatic heterocycles. The number of rotatable bonds is 8. The Morgan fingerprint density at radius 1 is 1.42 bits per heavy atom. The number of nitrogens with one attached hydrogen (secondary N) is 2. The van der Waals surface area contributed by atoms with E-state index >= 15 is 0 Å². The first-order chi connectivity index (χ1) is 9.08. The molecule has 3 N–H and O–H groups in total. The first-order valence-electron chi connectivity index (χ1n) is 6.18. The maximum atomic E-state index is 11.5. The second kappa shape index (κ2) is 8.47. The minimum Gasteiger partial charge on any atom is -0.481 e. The zero-order valence-electron chi connectivity index (χ0n) is 10.9. The molecule has 1 rings (SSSR count). The van der Waals surface area contributed by atoms with Gasteiger partial charge in [-0.25, -0.2) is 4.79 Å². The molecule has 0 aliphatic rings. The molecule has 0 spiro atoms. The number of carbonyl (C=O) groups excluding carboxylic acids is 1. The van der Waals surface area contributed by atoms with Crippen LogP contribution in [0.3, 0.4) is 0 Å². The molecule has 0 aliphatic heterocycles. The average molecular weight is 285 g/mol. The van der Waals surface area contributed by atoms with Gasteiger partial charge < -0.3 is 15.7 Å². The lowest BCUT2D eigenvalue weighted by Gasteiger charge is -2.11. The summed E-state index contributed by atoms with van der Waals surface area (Å²) < 4.78 is 0. The lowest BCUT2D eigenvalue weighted by molar-refractivity contribution is -0.137. The summed E-state index contributed by atoms with van der Waals surface area (Å²) in [6, 6.07) is -0.209. The largest absolute Gasteiger partial charge is 0.481 e. The zero-order chi connectivity index (χ0) is 14.1. The van der Waals surface area contributed by atoms with Crippen molar-refractivity contribution in [2.45, 2.75) is 32.7 Å². The highest BCUT2D eigenvalue weighted by Crippen LogP contribution is 2.09. The highest BCUT2D eigenvalue weighted by atomic mass is 32.1. The highest BCUT2D eigenvalue weighted by Gasteiger charge is 2.06. The summed E-state index contributed by atoms with van der Waals surface area (Å²) in [7, 11) is 0. The molecule has 7 heteroatoms. The van der Waals surface area contributed by atoms with E-state index in [9.17, 15) is 9.59 Å². The molecule has 19 heavy (non-hydrogen) atoms. The Bertz CT molecular complexity index is 395. The molecule has 0 saturated heterocycles. The van der Waals surface area contributed by atoms with Crippen molar-refractivity contribution in [2.75, 3.05) is 6.54 Å². The maximum Gasteiger partial charge on any atom is 0.315 e. The van der Waals surface area contributed by atoms with Crippen molar-refractivity contribution >= 4 is 23.3 Å². The van der Waals surface area contributed by atoms with Crippen molar-refractivity contribution in [3.05, 3.63) is 16.6 Å². The van der Waals surface area contributed by atoms with Crippen LogP contribution in [0.15, 0.2) is 11.7 Å². The van der Waals surface area contributed by atoms with E-state index in [2.05, 4.69) is 15.6 Å². The summed E-state index contributed by atoms with van der Waals surface area (Å²) in [6.07, 6.45) is 3.32. The molecule has 6 nitrogen and oxygen atoms in total. The second-order valence-corrected chi connectivity index (χ2v) is 5.37. The molecule has 0 aliphatic carbocycles. The van der Waals surface area contributed by atoms with Gasteiger partial charge in [0, 0.05) is 24.0 Å². The van der Waals surface area contributed by atoms with E-state index in [1.165, 1.54) is 11.3 Å². The van der Waals surface area contributed by atoms with E-state index < -0.39 is 5.97 Å². The van der Waals surface area contributed by atoms with Gasteiger partial charge in [0.25, 0.3) is 0 Å². The number of hydrogen-bond acceptors (Lipinski definition) is 4. The lowest BCUT2D eigenvalue weighted by Crippen LogP contribution is -2.35. The van der Waals surface area contributed by atoms with Crippen LogP contribution < -0.4 is 10.6 Å². The fraction of sp³-hybridized carbons (Fsp3) is 0.583. The summed E-state index contributed by atoms with van der Waals surface area (Å²) >= 11 is 1.49. The average Bonchev–Trinajstić information content (AvgIpc) is 2.87. The quantitative estimate of drug-likeness (QED) is 0.679. The molecule has 1 atom stereocenters. The number of carboxylic acids is 1. The number of urea groups is 1. The van der Waals surface area contributed by atoms with E-state index in [4.69, 9.17) is 5.11 Å². The minimum atomic E-state index is -0.776. The van der Waals surface area contributed by atoms with Crippen LogP contribution in [0.1, 0.15) is 31.1 Å². The van der Waals surface area contributed by atoms with Crippen molar-refractivity contribution in [2.24, 2.45) is 5.92 Å². The van der Waals surface area contributed by atoms with Crippen LogP contribution >= 0.6 is 11.3 Å². The van der Waals surface area contributed by atoms with Crippen molar-refractivity contribution in [3.8, 4) is 0 Å². The molecule has 0 aromatic carbocycles. The summed E-state index contributed by atoms with van der Waals surface area (Å²) in [5.74, 6) is -0.486. The Morgan fingerprint density at radius 2 is 2.21 bits per heavy atom. The topological polar surface area (TPSA) is 91.3 Å². The fourth-order valence-electron chi connectivity index (χ4n) is 1.51. The van der Waals surface area contributed by atoms with Gasteiger partial charge in [0.15, 0.2) is 0 Å². The van der Waals surface area contributed by atoms with E-state index in [1.54, 1.807) is 11.7 Å². The van der Waals surface area contributed by atoms with Gasteiger partial charge in [0.05, 0.1) is 12.1 Å². The molecular formula is C12H19N3O3S. The number of amides is 2. The summed E-state index contributed by atoms with van der Waals surface area (Å²) in [5, 5.41) is 14.0. The van der Waals surface area contributed by atoms with Crippen LogP contribution in [0.25, 0.3) is 0 Å². The number of nitrogens with zero attached hydrogens (tertiary/aromatic N) is 1. The number of carboxylic acid groups (broad SMARTS) is 1. The van der Waals surface area contributed by atoms with Crippen LogP contribution in [0.2, 0.25) is 0 Å². The van der Waals surface area contributed by atoms with Gasteiger partial charge in [-0.1, -0.05) is 6.92 Å². The van der Waals surface area contributed by atoms with E-state index in [0.717, 1.165) is 11.3 Å². The van der Waals surface area contributed by atoms with Crippen LogP contribution in [-0.2, 0) is 11.3 Å². The van der Waals surface area contributed by atoms with Crippen LogP contribution in [0.5, 0.6) is 0 Å². The summed E-state index contributed by atoms with van der Waals surface area (Å²) in [6.45, 7) is 3.01. The lowest BCUT2D eigenvalue weighted by atomic mass is 10.0.